The van der Waals surface area contributed by atoms with Gasteiger partial charge >= 0.3 is 0 Å². The molecule has 0 aliphatic carbocycles. The summed E-state index contributed by atoms with van der Waals surface area (Å²) in [5.41, 5.74) is 1.07. The number of nitrogens with zero attached hydrogens (tertiary/aromatic N) is 2. The maximum absolute atomic E-state index is 12.9. The Labute approximate surface area is 203 Å². The molecule has 0 aromatic heterocycles. The van der Waals surface area contributed by atoms with E-state index in [1.54, 1.807) is 35.2 Å². The lowest BCUT2D eigenvalue weighted by Crippen LogP contribution is -2.41. The Morgan fingerprint density at radius 2 is 1.82 bits per heavy atom. The normalized spacial score (nSPS) is 14.1. The van der Waals surface area contributed by atoms with Crippen molar-refractivity contribution in [1.29, 1.82) is 0 Å². The zero-order valence-electron chi connectivity index (χ0n) is 18.1. The molecule has 11 heteroatoms. The second-order valence-electron chi connectivity index (χ2n) is 7.53. The highest BCUT2D eigenvalue weighted by Gasteiger charge is 2.23. The van der Waals surface area contributed by atoms with Gasteiger partial charge in [-0.2, -0.15) is 0 Å². The molecule has 1 fully saturated rings. The van der Waals surface area contributed by atoms with Crippen molar-refractivity contribution in [2.45, 2.75) is 12.8 Å². The van der Waals surface area contributed by atoms with Gasteiger partial charge < -0.3 is 15.0 Å². The summed E-state index contributed by atoms with van der Waals surface area (Å²) in [6.07, 6.45) is 1.35. The first-order chi connectivity index (χ1) is 15.7. The van der Waals surface area contributed by atoms with E-state index in [1.807, 2.05) is 0 Å². The Hall–Kier alpha value is -2.33. The predicted octanol–water partition coefficient (Wildman–Crippen LogP) is 3.65. The molecule has 0 bridgehead atoms. The minimum Gasteiger partial charge on any atom is -0.378 e. The third-order valence-electron chi connectivity index (χ3n) is 5.07. The monoisotopic (exact) mass is 513 g/mol. The average molecular weight is 514 g/mol. The Balaban J connectivity index is 1.64. The zero-order chi connectivity index (χ0) is 24.0. The number of hydrogen-bond donors (Lipinski definition) is 1. The molecule has 1 aliphatic rings. The molecular formula is C22H25Cl2N3O5S. The summed E-state index contributed by atoms with van der Waals surface area (Å²) >= 11 is 12.2. The van der Waals surface area contributed by atoms with Crippen molar-refractivity contribution < 1.29 is 22.7 Å². The number of hydrogen-bond acceptors (Lipinski definition) is 5. The fraction of sp³-hybridized carbons (Fsp3) is 0.364. The van der Waals surface area contributed by atoms with Crippen molar-refractivity contribution in [3.8, 4) is 0 Å². The number of para-hydroxylation sites is 1. The van der Waals surface area contributed by atoms with Crippen LogP contribution in [0.15, 0.2) is 42.5 Å². The second-order valence-corrected chi connectivity index (χ2v) is 10.3. The van der Waals surface area contributed by atoms with Crippen molar-refractivity contribution in [2.75, 3.05) is 48.7 Å². The lowest BCUT2D eigenvalue weighted by atomic mass is 10.1. The number of morpholine rings is 1. The molecule has 1 saturated heterocycles. The fourth-order valence-electron chi connectivity index (χ4n) is 3.45. The molecule has 0 saturated carbocycles. The molecule has 1 aliphatic heterocycles. The average Bonchev–Trinajstić information content (AvgIpc) is 2.78. The van der Waals surface area contributed by atoms with Gasteiger partial charge in [-0.3, -0.25) is 13.9 Å². The summed E-state index contributed by atoms with van der Waals surface area (Å²) in [6, 6.07) is 11.4. The van der Waals surface area contributed by atoms with E-state index in [9.17, 15) is 18.0 Å². The highest BCUT2D eigenvalue weighted by atomic mass is 35.5. The number of amides is 2. The molecule has 1 heterocycles. The predicted molar refractivity (Wildman–Crippen MR) is 130 cm³/mol. The first kappa shape index (κ1) is 25.3. The van der Waals surface area contributed by atoms with Crippen molar-refractivity contribution in [3.05, 3.63) is 58.1 Å². The molecule has 0 unspecified atom stereocenters. The van der Waals surface area contributed by atoms with Crippen LogP contribution in [0.1, 0.15) is 23.2 Å². The summed E-state index contributed by atoms with van der Waals surface area (Å²) in [6.45, 7) is 1.99. The van der Waals surface area contributed by atoms with E-state index < -0.39 is 10.0 Å². The van der Waals surface area contributed by atoms with Crippen LogP contribution in [0.25, 0.3) is 0 Å². The third-order valence-corrected chi connectivity index (χ3v) is 6.81. The topological polar surface area (TPSA) is 96.0 Å². The number of carbonyl (C=O) groups excluding carboxylic acids is 2. The van der Waals surface area contributed by atoms with Crippen LogP contribution >= 0.6 is 23.2 Å². The summed E-state index contributed by atoms with van der Waals surface area (Å²) in [7, 11) is -3.65. The van der Waals surface area contributed by atoms with Gasteiger partial charge in [-0.05, 0) is 36.8 Å². The number of halogens is 2. The summed E-state index contributed by atoms with van der Waals surface area (Å²) in [4.78, 5) is 27.1. The zero-order valence-corrected chi connectivity index (χ0v) is 20.4. The van der Waals surface area contributed by atoms with E-state index >= 15 is 0 Å². The standard InChI is InChI=1S/C22H25Cl2N3O5S/c1-33(30,31)27(20-15-16(23)8-9-18(20)24)10-4-7-21(28)25-19-6-3-2-5-17(19)22(29)26-11-13-32-14-12-26/h2-3,5-6,8-9,15H,4,7,10-14H2,1H3,(H,25,28). The molecule has 3 rings (SSSR count). The van der Waals surface area contributed by atoms with Crippen LogP contribution < -0.4 is 9.62 Å². The third kappa shape index (κ3) is 6.83. The lowest BCUT2D eigenvalue weighted by molar-refractivity contribution is -0.116. The van der Waals surface area contributed by atoms with Crippen LogP contribution in [-0.4, -0.2) is 64.2 Å². The molecule has 0 atom stereocenters. The SMILES string of the molecule is CS(=O)(=O)N(CCCC(=O)Nc1ccccc1C(=O)N1CCOCC1)c1cc(Cl)ccc1Cl. The largest absolute Gasteiger partial charge is 0.378 e. The van der Waals surface area contributed by atoms with Crippen LogP contribution in [0, 0.1) is 0 Å². The van der Waals surface area contributed by atoms with Gasteiger partial charge in [0.15, 0.2) is 0 Å². The van der Waals surface area contributed by atoms with Gasteiger partial charge in [0.1, 0.15) is 0 Å². The van der Waals surface area contributed by atoms with Crippen LogP contribution in [0.4, 0.5) is 11.4 Å². The lowest BCUT2D eigenvalue weighted by Gasteiger charge is -2.27. The van der Waals surface area contributed by atoms with Gasteiger partial charge in [0.25, 0.3) is 5.91 Å². The van der Waals surface area contributed by atoms with Gasteiger partial charge in [0.05, 0.1) is 41.4 Å². The summed E-state index contributed by atoms with van der Waals surface area (Å²) < 4.78 is 31.0. The van der Waals surface area contributed by atoms with Crippen LogP contribution in [-0.2, 0) is 19.6 Å². The first-order valence-electron chi connectivity index (χ1n) is 10.4. The maximum atomic E-state index is 12.9. The maximum Gasteiger partial charge on any atom is 0.256 e. The molecule has 2 aromatic carbocycles. The van der Waals surface area contributed by atoms with Gasteiger partial charge in [0, 0.05) is 31.1 Å². The van der Waals surface area contributed by atoms with Crippen molar-refractivity contribution in [1.82, 2.24) is 4.90 Å². The first-order valence-corrected chi connectivity index (χ1v) is 13.0. The molecule has 8 nitrogen and oxygen atoms in total. The molecule has 2 amide bonds. The van der Waals surface area contributed by atoms with Gasteiger partial charge in [0.2, 0.25) is 15.9 Å². The second kappa shape index (κ2) is 11.2. The van der Waals surface area contributed by atoms with Crippen molar-refractivity contribution >= 4 is 56.4 Å². The van der Waals surface area contributed by atoms with Gasteiger partial charge in [-0.25, -0.2) is 8.42 Å². The molecule has 178 valence electrons. The highest BCUT2D eigenvalue weighted by molar-refractivity contribution is 7.92. The minimum atomic E-state index is -3.65. The van der Waals surface area contributed by atoms with E-state index in [2.05, 4.69) is 5.32 Å². The van der Waals surface area contributed by atoms with E-state index in [0.29, 0.717) is 42.6 Å². The number of nitrogens with one attached hydrogen (secondary N) is 1. The molecular weight excluding hydrogens is 489 g/mol. The molecule has 0 radical (unpaired) electrons. The fourth-order valence-corrected chi connectivity index (χ4v) is 4.86. The number of benzene rings is 2. The Morgan fingerprint density at radius 3 is 2.52 bits per heavy atom. The van der Waals surface area contributed by atoms with Gasteiger partial charge in [-0.1, -0.05) is 35.3 Å². The Bertz CT molecular complexity index is 1120. The smallest absolute Gasteiger partial charge is 0.256 e. The minimum absolute atomic E-state index is 0.0423. The molecule has 33 heavy (non-hydrogen) atoms. The van der Waals surface area contributed by atoms with E-state index in [0.717, 1.165) is 10.6 Å². The molecule has 2 aromatic rings. The number of anilines is 2. The number of carbonyl (C=O) groups is 2. The summed E-state index contributed by atoms with van der Waals surface area (Å²) in [5, 5.41) is 3.36. The van der Waals surface area contributed by atoms with Crippen molar-refractivity contribution in [2.24, 2.45) is 0 Å². The molecule has 1 N–H and O–H groups in total. The Morgan fingerprint density at radius 1 is 1.12 bits per heavy atom. The number of rotatable bonds is 8. The van der Waals surface area contributed by atoms with E-state index in [4.69, 9.17) is 27.9 Å². The van der Waals surface area contributed by atoms with Crippen molar-refractivity contribution in [3.63, 3.8) is 0 Å². The van der Waals surface area contributed by atoms with Crippen LogP contribution in [0.5, 0.6) is 0 Å². The van der Waals surface area contributed by atoms with Crippen LogP contribution in [0.2, 0.25) is 10.0 Å². The quantitative estimate of drug-likeness (QED) is 0.580. The van der Waals surface area contributed by atoms with E-state index in [1.165, 1.54) is 12.1 Å². The highest BCUT2D eigenvalue weighted by Crippen LogP contribution is 2.31. The summed E-state index contributed by atoms with van der Waals surface area (Å²) in [5.74, 6) is -0.504. The van der Waals surface area contributed by atoms with E-state index in [-0.39, 0.29) is 41.9 Å². The Kier molecular flexibility index (Phi) is 8.58. The molecule has 0 spiro atoms. The number of sulfonamides is 1. The number of ether oxygens (including phenoxy) is 1. The van der Waals surface area contributed by atoms with Crippen LogP contribution in [0.3, 0.4) is 0 Å². The van der Waals surface area contributed by atoms with Gasteiger partial charge in [-0.15, -0.1) is 0 Å².